The van der Waals surface area contributed by atoms with Gasteiger partial charge in [-0.25, -0.2) is 9.78 Å². The number of fused-ring (bicyclic) bond motifs is 1. The van der Waals surface area contributed by atoms with Gasteiger partial charge >= 0.3 is 6.16 Å². The normalized spacial score (nSPS) is 10.4. The van der Waals surface area contributed by atoms with Gasteiger partial charge in [-0.1, -0.05) is 11.6 Å². The minimum Gasteiger partial charge on any atom is -0.434 e. The van der Waals surface area contributed by atoms with E-state index in [1.54, 1.807) is 19.1 Å². The van der Waals surface area contributed by atoms with Crippen LogP contribution in [-0.4, -0.2) is 22.7 Å². The minimum absolute atomic E-state index is 0.236. The number of nitrogens with one attached hydrogen (secondary N) is 1. The number of aromatic amines is 1. The van der Waals surface area contributed by atoms with Crippen molar-refractivity contribution in [1.82, 2.24) is 9.97 Å². The molecule has 0 atom stereocenters. The molecule has 0 bridgehead atoms. The average Bonchev–Trinajstić information content (AvgIpc) is 2.71. The summed E-state index contributed by atoms with van der Waals surface area (Å²) in [5, 5.41) is 0.284. The van der Waals surface area contributed by atoms with Gasteiger partial charge in [0.15, 0.2) is 5.75 Å². The lowest BCUT2D eigenvalue weighted by molar-refractivity contribution is 0.104. The van der Waals surface area contributed by atoms with Crippen molar-refractivity contribution in [2.75, 3.05) is 6.61 Å². The first-order valence-corrected chi connectivity index (χ1v) is 5.06. The number of H-pyrrole nitrogens is 1. The Balaban J connectivity index is 2.30. The molecule has 0 saturated carbocycles. The Morgan fingerprint density at radius 3 is 3.12 bits per heavy atom. The van der Waals surface area contributed by atoms with Crippen LogP contribution in [0.5, 0.6) is 5.75 Å². The molecule has 84 valence electrons. The van der Waals surface area contributed by atoms with Gasteiger partial charge in [-0.2, -0.15) is 0 Å². The van der Waals surface area contributed by atoms with Crippen LogP contribution >= 0.6 is 11.6 Å². The third kappa shape index (κ3) is 1.94. The van der Waals surface area contributed by atoms with E-state index in [0.717, 1.165) is 5.52 Å². The smallest absolute Gasteiger partial charge is 0.434 e. The molecule has 0 amide bonds. The molecule has 0 radical (unpaired) electrons. The summed E-state index contributed by atoms with van der Waals surface area (Å²) in [6.07, 6.45) is 0.740. The highest BCUT2D eigenvalue weighted by atomic mass is 35.5. The van der Waals surface area contributed by atoms with Crippen LogP contribution in [0.25, 0.3) is 11.0 Å². The number of carbonyl (C=O) groups excluding carboxylic acids is 1. The highest BCUT2D eigenvalue weighted by Gasteiger charge is 2.12. The summed E-state index contributed by atoms with van der Waals surface area (Å²) in [6, 6.07) is 3.31. The Kier molecular flexibility index (Phi) is 2.96. The first-order valence-electron chi connectivity index (χ1n) is 4.68. The molecule has 1 aromatic heterocycles. The van der Waals surface area contributed by atoms with Gasteiger partial charge in [-0.3, -0.25) is 0 Å². The van der Waals surface area contributed by atoms with Gasteiger partial charge in [0.1, 0.15) is 10.5 Å². The van der Waals surface area contributed by atoms with Crippen molar-refractivity contribution < 1.29 is 14.3 Å². The van der Waals surface area contributed by atoms with Gasteiger partial charge in [-0.05, 0) is 19.1 Å². The quantitative estimate of drug-likeness (QED) is 0.648. The van der Waals surface area contributed by atoms with Crippen LogP contribution in [0.1, 0.15) is 6.92 Å². The molecular formula is C10H9ClN2O3. The van der Waals surface area contributed by atoms with Crippen LogP contribution in [-0.2, 0) is 4.74 Å². The fourth-order valence-electron chi connectivity index (χ4n) is 1.27. The molecule has 0 spiro atoms. The molecular weight excluding hydrogens is 232 g/mol. The molecule has 1 heterocycles. The Labute approximate surface area is 96.3 Å². The third-order valence-electron chi connectivity index (χ3n) is 1.95. The molecule has 0 aliphatic rings. The van der Waals surface area contributed by atoms with Crippen molar-refractivity contribution in [3.8, 4) is 5.75 Å². The molecule has 0 unspecified atom stereocenters. The van der Waals surface area contributed by atoms with E-state index in [2.05, 4.69) is 14.7 Å². The fourth-order valence-corrected chi connectivity index (χ4v) is 1.52. The second kappa shape index (κ2) is 4.40. The van der Waals surface area contributed by atoms with Crippen LogP contribution in [0.3, 0.4) is 0 Å². The molecule has 0 saturated heterocycles. The lowest BCUT2D eigenvalue weighted by atomic mass is 10.3. The van der Waals surface area contributed by atoms with Gasteiger partial charge in [0, 0.05) is 0 Å². The van der Waals surface area contributed by atoms with Crippen LogP contribution in [0.4, 0.5) is 4.79 Å². The first-order chi connectivity index (χ1) is 7.72. The zero-order valence-electron chi connectivity index (χ0n) is 8.49. The summed E-state index contributed by atoms with van der Waals surface area (Å²) >= 11 is 6.01. The van der Waals surface area contributed by atoms with Crippen LogP contribution in [0.2, 0.25) is 5.02 Å². The van der Waals surface area contributed by atoms with E-state index < -0.39 is 6.16 Å². The number of benzene rings is 1. The molecule has 2 rings (SSSR count). The van der Waals surface area contributed by atoms with Gasteiger partial charge in [0.2, 0.25) is 0 Å². The number of carbonyl (C=O) groups is 1. The second-order valence-electron chi connectivity index (χ2n) is 2.96. The summed E-state index contributed by atoms with van der Waals surface area (Å²) in [6.45, 7) is 1.95. The Morgan fingerprint density at radius 1 is 1.56 bits per heavy atom. The SMILES string of the molecule is CCOC(=O)Oc1ccc2[nH]cnc2c1Cl. The largest absolute Gasteiger partial charge is 0.513 e. The molecule has 0 aliphatic heterocycles. The number of halogens is 1. The van der Waals surface area contributed by atoms with Crippen molar-refractivity contribution in [1.29, 1.82) is 0 Å². The molecule has 1 aromatic carbocycles. The summed E-state index contributed by atoms with van der Waals surface area (Å²) in [5.41, 5.74) is 1.34. The molecule has 2 aromatic rings. The maximum atomic E-state index is 11.1. The van der Waals surface area contributed by atoms with E-state index >= 15 is 0 Å². The van der Waals surface area contributed by atoms with Crippen molar-refractivity contribution in [3.63, 3.8) is 0 Å². The van der Waals surface area contributed by atoms with E-state index in [4.69, 9.17) is 16.3 Å². The number of hydrogen-bond donors (Lipinski definition) is 1. The lowest BCUT2D eigenvalue weighted by Gasteiger charge is -2.05. The molecule has 0 fully saturated rings. The maximum Gasteiger partial charge on any atom is 0.513 e. The summed E-state index contributed by atoms with van der Waals surface area (Å²) in [5.74, 6) is 0.236. The van der Waals surface area contributed by atoms with E-state index in [9.17, 15) is 4.79 Å². The monoisotopic (exact) mass is 240 g/mol. The predicted octanol–water partition coefficient (Wildman–Crippen LogP) is 2.75. The summed E-state index contributed by atoms with van der Waals surface area (Å²) < 4.78 is 9.56. The third-order valence-corrected chi connectivity index (χ3v) is 2.32. The second-order valence-corrected chi connectivity index (χ2v) is 3.34. The van der Waals surface area contributed by atoms with Crippen molar-refractivity contribution in [2.45, 2.75) is 6.92 Å². The Morgan fingerprint density at radius 2 is 2.38 bits per heavy atom. The van der Waals surface area contributed by atoms with Crippen molar-refractivity contribution in [2.24, 2.45) is 0 Å². The number of ether oxygens (including phenoxy) is 2. The zero-order chi connectivity index (χ0) is 11.5. The van der Waals surface area contributed by atoms with Crippen LogP contribution in [0, 0.1) is 0 Å². The highest BCUT2D eigenvalue weighted by molar-refractivity contribution is 6.36. The van der Waals surface area contributed by atoms with Crippen LogP contribution in [0.15, 0.2) is 18.5 Å². The predicted molar refractivity (Wildman–Crippen MR) is 58.8 cm³/mol. The Bertz CT molecular complexity index is 524. The fraction of sp³-hybridized carbons (Fsp3) is 0.200. The van der Waals surface area contributed by atoms with E-state index in [0.29, 0.717) is 5.52 Å². The van der Waals surface area contributed by atoms with Gasteiger partial charge in [0.25, 0.3) is 0 Å². The highest BCUT2D eigenvalue weighted by Crippen LogP contribution is 2.30. The van der Waals surface area contributed by atoms with Gasteiger partial charge in [-0.15, -0.1) is 0 Å². The van der Waals surface area contributed by atoms with Gasteiger partial charge in [0.05, 0.1) is 18.5 Å². The molecule has 0 aliphatic carbocycles. The number of nitrogens with zero attached hydrogens (tertiary/aromatic N) is 1. The number of rotatable bonds is 2. The van der Waals surface area contributed by atoms with Crippen molar-refractivity contribution in [3.05, 3.63) is 23.5 Å². The van der Waals surface area contributed by atoms with E-state index in [1.807, 2.05) is 0 Å². The standard InChI is InChI=1S/C10H9ClN2O3/c1-2-15-10(14)16-7-4-3-6-9(8(7)11)13-5-12-6/h3-5H,2H2,1H3,(H,12,13). The zero-order valence-corrected chi connectivity index (χ0v) is 9.25. The van der Waals surface area contributed by atoms with Gasteiger partial charge < -0.3 is 14.5 Å². The number of imidazole rings is 1. The summed E-state index contributed by atoms with van der Waals surface area (Å²) in [7, 11) is 0. The minimum atomic E-state index is -0.778. The lowest BCUT2D eigenvalue weighted by Crippen LogP contribution is -2.10. The number of aromatic nitrogens is 2. The average molecular weight is 241 g/mol. The molecule has 6 heteroatoms. The van der Waals surface area contributed by atoms with Crippen molar-refractivity contribution >= 4 is 28.8 Å². The van der Waals surface area contributed by atoms with E-state index in [-0.39, 0.29) is 17.4 Å². The molecule has 5 nitrogen and oxygen atoms in total. The molecule has 1 N–H and O–H groups in total. The van der Waals surface area contributed by atoms with E-state index in [1.165, 1.54) is 6.33 Å². The topological polar surface area (TPSA) is 64.2 Å². The molecule has 16 heavy (non-hydrogen) atoms. The maximum absolute atomic E-state index is 11.1. The Hall–Kier alpha value is -1.75. The van der Waals surface area contributed by atoms with Crippen LogP contribution < -0.4 is 4.74 Å². The first kappa shape index (κ1) is 10.8. The number of hydrogen-bond acceptors (Lipinski definition) is 4. The summed E-state index contributed by atoms with van der Waals surface area (Å²) in [4.78, 5) is 18.0.